The summed E-state index contributed by atoms with van der Waals surface area (Å²) in [6.07, 6.45) is 4.87. The number of hydrogen-bond donors (Lipinski definition) is 1. The minimum atomic E-state index is 0.434. The summed E-state index contributed by atoms with van der Waals surface area (Å²) < 4.78 is 0. The van der Waals surface area contributed by atoms with Crippen molar-refractivity contribution in [3.05, 3.63) is 34.3 Å². The van der Waals surface area contributed by atoms with E-state index >= 15 is 0 Å². The molecule has 1 aromatic carbocycles. The minimum absolute atomic E-state index is 0.434. The first-order valence-electron chi connectivity index (χ1n) is 7.61. The van der Waals surface area contributed by atoms with Gasteiger partial charge in [0.1, 0.15) is 0 Å². The molecule has 0 amide bonds. The Kier molecular flexibility index (Phi) is 7.48. The summed E-state index contributed by atoms with van der Waals surface area (Å²) in [6, 6.07) is 6.68. The zero-order valence-corrected chi connectivity index (χ0v) is 13.6. The maximum atomic E-state index is 6.17. The van der Waals surface area contributed by atoms with Gasteiger partial charge in [-0.15, -0.1) is 0 Å². The van der Waals surface area contributed by atoms with Crippen LogP contribution in [0, 0.1) is 12.8 Å². The van der Waals surface area contributed by atoms with Crippen LogP contribution >= 0.6 is 11.6 Å². The van der Waals surface area contributed by atoms with E-state index in [2.05, 4.69) is 45.1 Å². The molecule has 0 fully saturated rings. The van der Waals surface area contributed by atoms with Gasteiger partial charge in [0.05, 0.1) is 0 Å². The highest BCUT2D eigenvalue weighted by atomic mass is 35.5. The van der Waals surface area contributed by atoms with E-state index in [4.69, 9.17) is 11.6 Å². The minimum Gasteiger partial charge on any atom is -0.310 e. The molecular weight excluding hydrogens is 254 g/mol. The highest BCUT2D eigenvalue weighted by Crippen LogP contribution is 2.29. The Labute approximate surface area is 123 Å². The molecule has 19 heavy (non-hydrogen) atoms. The Balaban J connectivity index is 2.91. The third-order valence-corrected chi connectivity index (χ3v) is 4.22. The van der Waals surface area contributed by atoms with Crippen LogP contribution in [0.15, 0.2) is 18.2 Å². The molecule has 108 valence electrons. The van der Waals surface area contributed by atoms with Crippen molar-refractivity contribution < 1.29 is 0 Å². The van der Waals surface area contributed by atoms with Gasteiger partial charge < -0.3 is 5.32 Å². The molecule has 1 nitrogen and oxygen atoms in total. The average Bonchev–Trinajstić information content (AvgIpc) is 2.42. The van der Waals surface area contributed by atoms with Gasteiger partial charge in [-0.3, -0.25) is 0 Å². The normalized spacial score (nSPS) is 12.9. The van der Waals surface area contributed by atoms with Crippen LogP contribution in [0.2, 0.25) is 5.02 Å². The Hall–Kier alpha value is -0.530. The molecule has 0 saturated heterocycles. The molecule has 0 aliphatic carbocycles. The van der Waals surface area contributed by atoms with Crippen LogP contribution in [-0.4, -0.2) is 6.54 Å². The molecule has 2 heteroatoms. The van der Waals surface area contributed by atoms with Crippen molar-refractivity contribution >= 4 is 11.6 Å². The molecule has 0 aromatic heterocycles. The Morgan fingerprint density at radius 1 is 1.16 bits per heavy atom. The summed E-state index contributed by atoms with van der Waals surface area (Å²) in [7, 11) is 0. The molecule has 0 spiro atoms. The lowest BCUT2D eigenvalue weighted by Gasteiger charge is -2.25. The quantitative estimate of drug-likeness (QED) is 0.662. The summed E-state index contributed by atoms with van der Waals surface area (Å²) in [4.78, 5) is 0. The highest BCUT2D eigenvalue weighted by Gasteiger charge is 2.17. The standard InChI is InChI=1S/C17H28ClN/c1-5-10-19-17(11-14(6-2)7-3)16-12-15(18)9-8-13(16)4/h8-9,12,14,17,19H,5-7,10-11H2,1-4H3. The van der Waals surface area contributed by atoms with Crippen LogP contribution < -0.4 is 5.32 Å². The van der Waals surface area contributed by atoms with Gasteiger partial charge >= 0.3 is 0 Å². The Morgan fingerprint density at radius 2 is 1.84 bits per heavy atom. The van der Waals surface area contributed by atoms with Gasteiger partial charge in [0.15, 0.2) is 0 Å². The first-order chi connectivity index (χ1) is 9.12. The Bertz CT molecular complexity index is 372. The molecule has 1 N–H and O–H groups in total. The van der Waals surface area contributed by atoms with E-state index < -0.39 is 0 Å². The monoisotopic (exact) mass is 281 g/mol. The number of hydrogen-bond acceptors (Lipinski definition) is 1. The van der Waals surface area contributed by atoms with E-state index in [0.717, 1.165) is 17.5 Å². The molecular formula is C17H28ClN. The second-order valence-corrected chi connectivity index (χ2v) is 5.86. The van der Waals surface area contributed by atoms with E-state index in [9.17, 15) is 0 Å². The third kappa shape index (κ3) is 5.16. The van der Waals surface area contributed by atoms with Crippen LogP contribution in [0.4, 0.5) is 0 Å². The van der Waals surface area contributed by atoms with Gasteiger partial charge in [0, 0.05) is 11.1 Å². The van der Waals surface area contributed by atoms with E-state index in [0.29, 0.717) is 6.04 Å². The zero-order valence-electron chi connectivity index (χ0n) is 12.8. The summed E-state index contributed by atoms with van der Waals surface area (Å²) in [6.45, 7) is 10.0. The van der Waals surface area contributed by atoms with Crippen LogP contribution in [-0.2, 0) is 0 Å². The predicted molar refractivity (Wildman–Crippen MR) is 85.9 cm³/mol. The SMILES string of the molecule is CCCNC(CC(CC)CC)c1cc(Cl)ccc1C. The average molecular weight is 282 g/mol. The van der Waals surface area contributed by atoms with E-state index in [-0.39, 0.29) is 0 Å². The molecule has 1 atom stereocenters. The number of aryl methyl sites for hydroxylation is 1. The van der Waals surface area contributed by atoms with Gasteiger partial charge in [-0.05, 0) is 55.5 Å². The van der Waals surface area contributed by atoms with Gasteiger partial charge in [-0.1, -0.05) is 51.3 Å². The largest absolute Gasteiger partial charge is 0.310 e. The molecule has 0 radical (unpaired) electrons. The van der Waals surface area contributed by atoms with E-state index in [1.807, 2.05) is 6.07 Å². The lowest BCUT2D eigenvalue weighted by atomic mass is 9.89. The topological polar surface area (TPSA) is 12.0 Å². The molecule has 1 rings (SSSR count). The lowest BCUT2D eigenvalue weighted by Crippen LogP contribution is -2.25. The molecule has 0 aliphatic rings. The highest BCUT2D eigenvalue weighted by molar-refractivity contribution is 6.30. The van der Waals surface area contributed by atoms with Crippen molar-refractivity contribution in [2.24, 2.45) is 5.92 Å². The molecule has 0 heterocycles. The molecule has 0 aliphatic heterocycles. The zero-order chi connectivity index (χ0) is 14.3. The van der Waals surface area contributed by atoms with E-state index in [1.54, 1.807) is 0 Å². The summed E-state index contributed by atoms with van der Waals surface area (Å²) in [5.41, 5.74) is 2.71. The fourth-order valence-electron chi connectivity index (χ4n) is 2.58. The fourth-order valence-corrected chi connectivity index (χ4v) is 2.76. The molecule has 1 unspecified atom stereocenters. The maximum Gasteiger partial charge on any atom is 0.0409 e. The number of rotatable bonds is 8. The molecule has 0 saturated carbocycles. The number of halogens is 1. The van der Waals surface area contributed by atoms with E-state index in [1.165, 1.54) is 36.8 Å². The summed E-state index contributed by atoms with van der Waals surface area (Å²) in [5.74, 6) is 0.785. The van der Waals surface area contributed by atoms with Crippen molar-refractivity contribution in [2.75, 3.05) is 6.54 Å². The van der Waals surface area contributed by atoms with Crippen molar-refractivity contribution in [1.29, 1.82) is 0 Å². The van der Waals surface area contributed by atoms with Crippen molar-refractivity contribution in [2.45, 2.75) is 59.4 Å². The van der Waals surface area contributed by atoms with Gasteiger partial charge in [0.25, 0.3) is 0 Å². The van der Waals surface area contributed by atoms with Crippen molar-refractivity contribution in [3.63, 3.8) is 0 Å². The Morgan fingerprint density at radius 3 is 2.42 bits per heavy atom. The van der Waals surface area contributed by atoms with Gasteiger partial charge in [-0.2, -0.15) is 0 Å². The van der Waals surface area contributed by atoms with Crippen molar-refractivity contribution in [1.82, 2.24) is 5.32 Å². The fraction of sp³-hybridized carbons (Fsp3) is 0.647. The number of nitrogens with one attached hydrogen (secondary N) is 1. The summed E-state index contributed by atoms with van der Waals surface area (Å²) in [5, 5.41) is 4.54. The predicted octanol–water partition coefficient (Wildman–Crippen LogP) is 5.52. The smallest absolute Gasteiger partial charge is 0.0409 e. The second kappa shape index (κ2) is 8.60. The van der Waals surface area contributed by atoms with Crippen molar-refractivity contribution in [3.8, 4) is 0 Å². The first-order valence-corrected chi connectivity index (χ1v) is 7.99. The second-order valence-electron chi connectivity index (χ2n) is 5.43. The van der Waals surface area contributed by atoms with Crippen LogP contribution in [0.25, 0.3) is 0 Å². The lowest BCUT2D eigenvalue weighted by molar-refractivity contribution is 0.370. The van der Waals surface area contributed by atoms with Gasteiger partial charge in [-0.25, -0.2) is 0 Å². The van der Waals surface area contributed by atoms with Crippen LogP contribution in [0.5, 0.6) is 0 Å². The molecule has 1 aromatic rings. The molecule has 0 bridgehead atoms. The van der Waals surface area contributed by atoms with Crippen LogP contribution in [0.3, 0.4) is 0 Å². The summed E-state index contributed by atoms with van der Waals surface area (Å²) >= 11 is 6.17. The van der Waals surface area contributed by atoms with Crippen LogP contribution in [0.1, 0.15) is 63.6 Å². The number of benzene rings is 1. The first kappa shape index (κ1) is 16.5. The maximum absolute atomic E-state index is 6.17. The van der Waals surface area contributed by atoms with Gasteiger partial charge in [0.2, 0.25) is 0 Å². The third-order valence-electron chi connectivity index (χ3n) is 3.98.